The van der Waals surface area contributed by atoms with Crippen LogP contribution in [0.1, 0.15) is 49.3 Å². The molecule has 0 bridgehead atoms. The minimum Gasteiger partial charge on any atom is -0.378 e. The fourth-order valence-corrected chi connectivity index (χ4v) is 5.95. The number of pyridine rings is 2. The van der Waals surface area contributed by atoms with Crippen molar-refractivity contribution < 1.29 is 14.0 Å². The van der Waals surface area contributed by atoms with E-state index in [0.717, 1.165) is 41.0 Å². The molecule has 0 atom stereocenters. The molecule has 47 heavy (non-hydrogen) atoms. The van der Waals surface area contributed by atoms with Gasteiger partial charge in [-0.25, -0.2) is 9.37 Å². The van der Waals surface area contributed by atoms with Crippen LogP contribution in [0, 0.1) is 19.7 Å². The Morgan fingerprint density at radius 1 is 0.915 bits per heavy atom. The zero-order chi connectivity index (χ0) is 33.2. The number of benzene rings is 2. The van der Waals surface area contributed by atoms with Crippen LogP contribution >= 0.6 is 11.6 Å². The standard InChI is InChI=1S/C35H34ClFN8O2/c1-20-23(24-8-6-10-26(31(24)36)43-35(47)33-41-29-19-44(3)16-14-30(29)45(33)4)7-5-9-25(20)42-34(46)28-12-11-22(18-40-28)17-39-27-13-15-38-21(2)32(27)37/h5-13,15,18H,14,16-17,19H2,1-4H3,(H,38,39)(H,42,46)(H,43,47). The van der Waals surface area contributed by atoms with E-state index in [1.54, 1.807) is 49.6 Å². The van der Waals surface area contributed by atoms with Crippen molar-refractivity contribution in [1.82, 2.24) is 24.4 Å². The molecule has 4 heterocycles. The van der Waals surface area contributed by atoms with Gasteiger partial charge < -0.3 is 25.4 Å². The van der Waals surface area contributed by atoms with E-state index in [1.165, 1.54) is 0 Å². The van der Waals surface area contributed by atoms with Crippen LogP contribution in [0.15, 0.2) is 67.0 Å². The SMILES string of the molecule is Cc1nccc(NCc2ccc(C(=O)Nc3cccc(-c4cccc(NC(=O)c5nc6c(n5C)CCN(C)C6)c4Cl)c3C)nc2)c1F. The zero-order valence-corrected chi connectivity index (χ0v) is 27.2. The minimum absolute atomic E-state index is 0.231. The van der Waals surface area contributed by atoms with Crippen LogP contribution in [-0.2, 0) is 26.6 Å². The van der Waals surface area contributed by atoms with Gasteiger partial charge in [0.15, 0.2) is 11.6 Å². The number of carbonyl (C=O) groups is 2. The average molecular weight is 653 g/mol. The van der Waals surface area contributed by atoms with Gasteiger partial charge in [-0.1, -0.05) is 41.9 Å². The summed E-state index contributed by atoms with van der Waals surface area (Å²) in [4.78, 5) is 41.5. The second kappa shape index (κ2) is 13.3. The van der Waals surface area contributed by atoms with E-state index >= 15 is 0 Å². The van der Waals surface area contributed by atoms with Crippen molar-refractivity contribution in [2.75, 3.05) is 29.5 Å². The van der Waals surface area contributed by atoms with Gasteiger partial charge in [0.1, 0.15) is 5.69 Å². The molecule has 0 spiro atoms. The lowest BCUT2D eigenvalue weighted by atomic mass is 9.98. The highest BCUT2D eigenvalue weighted by molar-refractivity contribution is 6.36. The Morgan fingerprint density at radius 3 is 2.43 bits per heavy atom. The molecule has 2 aromatic carbocycles. The number of aryl methyl sites for hydroxylation is 1. The fourth-order valence-electron chi connectivity index (χ4n) is 5.67. The third-order valence-corrected chi connectivity index (χ3v) is 8.78. The fraction of sp³-hybridized carbons (Fsp3) is 0.229. The predicted molar refractivity (Wildman–Crippen MR) is 181 cm³/mol. The van der Waals surface area contributed by atoms with Gasteiger partial charge in [-0.15, -0.1) is 0 Å². The summed E-state index contributed by atoms with van der Waals surface area (Å²) in [7, 11) is 3.90. The first-order valence-electron chi connectivity index (χ1n) is 15.1. The minimum atomic E-state index is -0.400. The van der Waals surface area contributed by atoms with Crippen LogP contribution in [0.2, 0.25) is 5.02 Å². The first-order valence-corrected chi connectivity index (χ1v) is 15.5. The third-order valence-electron chi connectivity index (χ3n) is 8.37. The van der Waals surface area contributed by atoms with E-state index in [1.807, 2.05) is 49.9 Å². The van der Waals surface area contributed by atoms with Crippen LogP contribution in [0.5, 0.6) is 0 Å². The van der Waals surface area contributed by atoms with Crippen LogP contribution in [0.3, 0.4) is 0 Å². The third kappa shape index (κ3) is 6.58. The lowest BCUT2D eigenvalue weighted by Gasteiger charge is -2.21. The number of imidazole rings is 1. The maximum atomic E-state index is 14.2. The number of hydrogen-bond acceptors (Lipinski definition) is 7. The summed E-state index contributed by atoms with van der Waals surface area (Å²) in [5.74, 6) is -0.780. The number of rotatable bonds is 8. The number of aromatic nitrogens is 4. The van der Waals surface area contributed by atoms with E-state index in [9.17, 15) is 14.0 Å². The van der Waals surface area contributed by atoms with Crippen LogP contribution in [-0.4, -0.2) is 49.8 Å². The molecule has 0 aliphatic carbocycles. The van der Waals surface area contributed by atoms with Gasteiger partial charge >= 0.3 is 0 Å². The van der Waals surface area contributed by atoms with Crippen molar-refractivity contribution >= 4 is 40.5 Å². The van der Waals surface area contributed by atoms with Crippen LogP contribution in [0.4, 0.5) is 21.5 Å². The first-order chi connectivity index (χ1) is 22.6. The highest BCUT2D eigenvalue weighted by Crippen LogP contribution is 2.37. The van der Waals surface area contributed by atoms with Crippen LogP contribution < -0.4 is 16.0 Å². The summed E-state index contributed by atoms with van der Waals surface area (Å²) in [6.07, 6.45) is 3.95. The molecule has 0 fully saturated rings. The van der Waals surface area contributed by atoms with E-state index in [-0.39, 0.29) is 17.5 Å². The number of anilines is 3. The number of carbonyl (C=O) groups excluding carboxylic acids is 2. The quantitative estimate of drug-likeness (QED) is 0.178. The number of nitrogens with zero attached hydrogens (tertiary/aromatic N) is 5. The monoisotopic (exact) mass is 652 g/mol. The maximum Gasteiger partial charge on any atom is 0.291 e. The van der Waals surface area contributed by atoms with Crippen LogP contribution in [0.25, 0.3) is 11.1 Å². The highest BCUT2D eigenvalue weighted by Gasteiger charge is 2.25. The second-order valence-corrected chi connectivity index (χ2v) is 12.0. The van der Waals surface area contributed by atoms with Crippen molar-refractivity contribution in [2.24, 2.45) is 7.05 Å². The topological polar surface area (TPSA) is 117 Å². The average Bonchev–Trinajstić information content (AvgIpc) is 3.39. The number of nitrogens with one attached hydrogen (secondary N) is 3. The Balaban J connectivity index is 1.15. The second-order valence-electron chi connectivity index (χ2n) is 11.6. The number of amides is 2. The molecular weight excluding hydrogens is 619 g/mol. The van der Waals surface area contributed by atoms with Gasteiger partial charge in [-0.05, 0) is 61.9 Å². The Morgan fingerprint density at radius 2 is 1.66 bits per heavy atom. The molecule has 3 N–H and O–H groups in total. The Kier molecular flexibility index (Phi) is 9.01. The predicted octanol–water partition coefficient (Wildman–Crippen LogP) is 6.39. The largest absolute Gasteiger partial charge is 0.378 e. The van der Waals surface area contributed by atoms with Gasteiger partial charge in [-0.3, -0.25) is 19.6 Å². The molecule has 240 valence electrons. The molecule has 0 saturated carbocycles. The number of fused-ring (bicyclic) bond motifs is 1. The van der Waals surface area contributed by atoms with E-state index in [0.29, 0.717) is 52.3 Å². The molecule has 0 unspecified atom stereocenters. The van der Waals surface area contributed by atoms with Crippen molar-refractivity contribution in [1.29, 1.82) is 0 Å². The Labute approximate surface area is 277 Å². The van der Waals surface area contributed by atoms with E-state index in [2.05, 4.69) is 35.8 Å². The first kappa shape index (κ1) is 31.8. The summed E-state index contributed by atoms with van der Waals surface area (Å²) in [5.41, 5.74) is 7.01. The number of halogens is 2. The van der Waals surface area contributed by atoms with Crippen molar-refractivity contribution in [3.05, 3.63) is 118 Å². The molecule has 12 heteroatoms. The Bertz CT molecular complexity index is 1990. The lowest BCUT2D eigenvalue weighted by molar-refractivity contribution is 0.100. The molecule has 0 radical (unpaired) electrons. The van der Waals surface area contributed by atoms with Crippen molar-refractivity contribution in [3.63, 3.8) is 0 Å². The molecule has 1 aliphatic rings. The molecule has 1 aliphatic heterocycles. The summed E-state index contributed by atoms with van der Waals surface area (Å²) in [5, 5.41) is 9.30. The van der Waals surface area contributed by atoms with Crippen molar-refractivity contribution in [2.45, 2.75) is 33.4 Å². The lowest BCUT2D eigenvalue weighted by Crippen LogP contribution is -2.27. The molecule has 0 saturated heterocycles. The molecule has 3 aromatic heterocycles. The molecule has 2 amide bonds. The zero-order valence-electron chi connectivity index (χ0n) is 26.5. The molecule has 6 rings (SSSR count). The normalized spacial score (nSPS) is 12.8. The summed E-state index contributed by atoms with van der Waals surface area (Å²) >= 11 is 6.88. The highest BCUT2D eigenvalue weighted by atomic mass is 35.5. The smallest absolute Gasteiger partial charge is 0.291 e. The number of hydrogen-bond donors (Lipinski definition) is 3. The van der Waals surface area contributed by atoms with E-state index < -0.39 is 5.82 Å². The Hall–Kier alpha value is -5.13. The van der Waals surface area contributed by atoms with Gasteiger partial charge in [0.05, 0.1) is 27.8 Å². The van der Waals surface area contributed by atoms with Gasteiger partial charge in [0.2, 0.25) is 0 Å². The molecule has 10 nitrogen and oxygen atoms in total. The molecule has 5 aromatic rings. The maximum absolute atomic E-state index is 14.2. The summed E-state index contributed by atoms with van der Waals surface area (Å²) in [6.45, 7) is 5.44. The van der Waals surface area contributed by atoms with Gasteiger partial charge in [0, 0.05) is 62.4 Å². The van der Waals surface area contributed by atoms with Crippen molar-refractivity contribution in [3.8, 4) is 11.1 Å². The molecular formula is C35H34ClFN8O2. The number of likely N-dealkylation sites (N-methyl/N-ethyl adjacent to an activating group) is 1. The summed E-state index contributed by atoms with van der Waals surface area (Å²) < 4.78 is 16.1. The van der Waals surface area contributed by atoms with E-state index in [4.69, 9.17) is 11.6 Å². The summed E-state index contributed by atoms with van der Waals surface area (Å²) in [6, 6.07) is 16.0. The van der Waals surface area contributed by atoms with Gasteiger partial charge in [0.25, 0.3) is 11.8 Å². The van der Waals surface area contributed by atoms with Gasteiger partial charge in [-0.2, -0.15) is 0 Å².